The third kappa shape index (κ3) is 3.58. The fraction of sp³-hybridized carbons (Fsp3) is 0.208. The van der Waals surface area contributed by atoms with Crippen LogP contribution in [0.1, 0.15) is 29.2 Å². The largest absolute Gasteiger partial charge is 0.502 e. The topological polar surface area (TPSA) is 124 Å². The highest BCUT2D eigenvalue weighted by Gasteiger charge is 2.34. The van der Waals surface area contributed by atoms with Crippen LogP contribution in [-0.2, 0) is 4.79 Å². The minimum Gasteiger partial charge on any atom is -0.502 e. The van der Waals surface area contributed by atoms with Crippen LogP contribution in [-0.4, -0.2) is 50.2 Å². The highest BCUT2D eigenvalue weighted by Crippen LogP contribution is 2.45. The fourth-order valence-electron chi connectivity index (χ4n) is 4.22. The summed E-state index contributed by atoms with van der Waals surface area (Å²) in [6.45, 7) is 1.86. The van der Waals surface area contributed by atoms with Crippen molar-refractivity contribution in [1.82, 2.24) is 25.0 Å². The van der Waals surface area contributed by atoms with Gasteiger partial charge in [0.25, 0.3) is 5.95 Å². The number of nitrogens with zero attached hydrogens (tertiary/aromatic N) is 5. The number of carbonyl (C=O) groups is 1. The maximum atomic E-state index is 12.7. The molecule has 0 saturated heterocycles. The van der Waals surface area contributed by atoms with Crippen LogP contribution in [0.5, 0.6) is 17.2 Å². The van der Waals surface area contributed by atoms with E-state index in [9.17, 15) is 9.90 Å². The minimum atomic E-state index is -0.342. The van der Waals surface area contributed by atoms with Crippen LogP contribution in [0, 0.1) is 6.92 Å². The molecular formula is C24H22N6O4. The summed E-state index contributed by atoms with van der Waals surface area (Å²) in [5.74, 6) is 0.621. The molecule has 172 valence electrons. The number of ether oxygens (including phenoxy) is 2. The number of phenols is 1. The maximum absolute atomic E-state index is 12.7. The Balaban J connectivity index is 1.63. The van der Waals surface area contributed by atoms with Crippen LogP contribution in [0.2, 0.25) is 0 Å². The number of hydrogen-bond acceptors (Lipinski definition) is 8. The minimum absolute atomic E-state index is 0.0983. The average molecular weight is 458 g/mol. The number of aryl methyl sites for hydroxylation is 1. The summed E-state index contributed by atoms with van der Waals surface area (Å²) < 4.78 is 12.1. The number of aromatic nitrogens is 5. The standard InChI is InChI=1S/C24H22N6O4/c1-13-21-16(15-9-18(33-2)22(32)19(10-15)34-3)11-20(31)27-23(21)30(29-13)24-26-17(12-25-28-24)14-7-5-4-6-8-14/h4-10,12,16,32H,11H2,1-3H3,(H,27,31)/t16-/m0/s1. The van der Waals surface area contributed by atoms with E-state index in [1.54, 1.807) is 18.3 Å². The van der Waals surface area contributed by atoms with Crippen molar-refractivity contribution in [2.75, 3.05) is 19.5 Å². The summed E-state index contributed by atoms with van der Waals surface area (Å²) in [5.41, 5.74) is 3.81. The Morgan fingerprint density at radius 3 is 2.50 bits per heavy atom. The van der Waals surface area contributed by atoms with Crippen LogP contribution < -0.4 is 14.8 Å². The number of carbonyl (C=O) groups excluding carboxylic acids is 1. The molecule has 0 aliphatic carbocycles. The van der Waals surface area contributed by atoms with Crippen molar-refractivity contribution in [3.63, 3.8) is 0 Å². The van der Waals surface area contributed by atoms with Gasteiger partial charge in [0.2, 0.25) is 11.7 Å². The molecule has 5 rings (SSSR count). The Labute approximate surface area is 195 Å². The van der Waals surface area contributed by atoms with E-state index in [0.717, 1.165) is 16.7 Å². The van der Waals surface area contributed by atoms with Gasteiger partial charge in [-0.3, -0.25) is 4.79 Å². The summed E-state index contributed by atoms with van der Waals surface area (Å²) in [6, 6.07) is 13.0. The molecule has 0 bridgehead atoms. The first kappa shape index (κ1) is 21.4. The fourth-order valence-corrected chi connectivity index (χ4v) is 4.22. The number of amides is 1. The normalized spacial score (nSPS) is 14.9. The third-order valence-corrected chi connectivity index (χ3v) is 5.81. The lowest BCUT2D eigenvalue weighted by molar-refractivity contribution is -0.116. The van der Waals surface area contributed by atoms with Gasteiger partial charge in [0.15, 0.2) is 11.5 Å². The zero-order chi connectivity index (χ0) is 23.8. The van der Waals surface area contributed by atoms with Gasteiger partial charge in [-0.05, 0) is 24.6 Å². The molecule has 0 fully saturated rings. The van der Waals surface area contributed by atoms with Crippen molar-refractivity contribution in [1.29, 1.82) is 0 Å². The van der Waals surface area contributed by atoms with Crippen LogP contribution in [0.15, 0.2) is 48.7 Å². The first-order valence-corrected chi connectivity index (χ1v) is 10.6. The van der Waals surface area contributed by atoms with E-state index < -0.39 is 0 Å². The van der Waals surface area contributed by atoms with Gasteiger partial charge in [0, 0.05) is 23.5 Å². The number of fused-ring (bicyclic) bond motifs is 1. The highest BCUT2D eigenvalue weighted by molar-refractivity contribution is 5.95. The third-order valence-electron chi connectivity index (χ3n) is 5.81. The molecule has 34 heavy (non-hydrogen) atoms. The molecule has 2 N–H and O–H groups in total. The molecule has 2 aromatic heterocycles. The molecule has 10 nitrogen and oxygen atoms in total. The first-order chi connectivity index (χ1) is 16.5. The van der Waals surface area contributed by atoms with Crippen molar-refractivity contribution in [2.24, 2.45) is 0 Å². The zero-order valence-corrected chi connectivity index (χ0v) is 18.8. The highest BCUT2D eigenvalue weighted by atomic mass is 16.5. The van der Waals surface area contributed by atoms with Gasteiger partial charge >= 0.3 is 0 Å². The van der Waals surface area contributed by atoms with Crippen LogP contribution in [0.25, 0.3) is 17.2 Å². The molecule has 0 spiro atoms. The number of phenolic OH excluding ortho intramolecular Hbond substituents is 1. The van der Waals surface area contributed by atoms with Gasteiger partial charge in [0.1, 0.15) is 5.82 Å². The Bertz CT molecular complexity index is 1360. The Kier molecular flexibility index (Phi) is 5.33. The Morgan fingerprint density at radius 1 is 1.12 bits per heavy atom. The maximum Gasteiger partial charge on any atom is 0.272 e. The summed E-state index contributed by atoms with van der Waals surface area (Å²) in [6.07, 6.45) is 1.78. The molecule has 1 aliphatic heterocycles. The second-order valence-electron chi connectivity index (χ2n) is 7.85. The summed E-state index contributed by atoms with van der Waals surface area (Å²) in [4.78, 5) is 17.4. The van der Waals surface area contributed by atoms with Gasteiger partial charge in [-0.25, -0.2) is 4.98 Å². The predicted octanol–water partition coefficient (Wildman–Crippen LogP) is 3.23. The molecule has 0 radical (unpaired) electrons. The van der Waals surface area contributed by atoms with Gasteiger partial charge < -0.3 is 19.9 Å². The second kappa shape index (κ2) is 8.47. The van der Waals surface area contributed by atoms with E-state index in [2.05, 4.69) is 25.6 Å². The van der Waals surface area contributed by atoms with Crippen molar-refractivity contribution >= 4 is 11.7 Å². The molecule has 1 aliphatic rings. The molecular weight excluding hydrogens is 436 g/mol. The molecule has 1 amide bonds. The second-order valence-corrected chi connectivity index (χ2v) is 7.85. The molecule has 3 heterocycles. The number of anilines is 1. The zero-order valence-electron chi connectivity index (χ0n) is 18.8. The molecule has 0 unspecified atom stereocenters. The Hall–Kier alpha value is -4.47. The molecule has 2 aromatic carbocycles. The number of methoxy groups -OCH3 is 2. The van der Waals surface area contributed by atoms with E-state index >= 15 is 0 Å². The monoisotopic (exact) mass is 458 g/mol. The van der Waals surface area contributed by atoms with E-state index in [1.165, 1.54) is 18.9 Å². The lowest BCUT2D eigenvalue weighted by Crippen LogP contribution is -2.25. The predicted molar refractivity (Wildman–Crippen MR) is 123 cm³/mol. The average Bonchev–Trinajstić information content (AvgIpc) is 3.20. The summed E-state index contributed by atoms with van der Waals surface area (Å²) >= 11 is 0. The lowest BCUT2D eigenvalue weighted by atomic mass is 9.85. The molecule has 0 saturated carbocycles. The van der Waals surface area contributed by atoms with Crippen LogP contribution >= 0.6 is 0 Å². The number of aromatic hydroxyl groups is 1. The van der Waals surface area contributed by atoms with E-state index in [4.69, 9.17) is 9.47 Å². The van der Waals surface area contributed by atoms with Crippen molar-refractivity contribution in [3.05, 3.63) is 65.5 Å². The number of benzene rings is 2. The summed E-state index contributed by atoms with van der Waals surface area (Å²) in [7, 11) is 2.93. The van der Waals surface area contributed by atoms with E-state index in [0.29, 0.717) is 17.2 Å². The van der Waals surface area contributed by atoms with Gasteiger partial charge in [-0.2, -0.15) is 14.9 Å². The van der Waals surface area contributed by atoms with Crippen LogP contribution in [0.3, 0.4) is 0 Å². The van der Waals surface area contributed by atoms with Crippen molar-refractivity contribution < 1.29 is 19.4 Å². The molecule has 1 atom stereocenters. The smallest absolute Gasteiger partial charge is 0.272 e. The van der Waals surface area contributed by atoms with Gasteiger partial charge in [-0.15, -0.1) is 5.10 Å². The SMILES string of the molecule is COc1cc([C@@H]2CC(=O)Nc3c2c(C)nn3-c2nncc(-c3ccccc3)n2)cc(OC)c1O. The van der Waals surface area contributed by atoms with Gasteiger partial charge in [0.05, 0.1) is 31.8 Å². The molecule has 10 heteroatoms. The quantitative estimate of drug-likeness (QED) is 0.467. The van der Waals surface area contributed by atoms with Crippen LogP contribution in [0.4, 0.5) is 5.82 Å². The van der Waals surface area contributed by atoms with E-state index in [-0.39, 0.29) is 41.4 Å². The van der Waals surface area contributed by atoms with Gasteiger partial charge in [-0.1, -0.05) is 30.3 Å². The number of nitrogens with one attached hydrogen (secondary N) is 1. The molecule has 4 aromatic rings. The number of rotatable bonds is 5. The summed E-state index contributed by atoms with van der Waals surface area (Å²) in [5, 5.41) is 26.1. The first-order valence-electron chi connectivity index (χ1n) is 10.6. The van der Waals surface area contributed by atoms with Crippen molar-refractivity contribution in [3.8, 4) is 34.5 Å². The van der Waals surface area contributed by atoms with E-state index in [1.807, 2.05) is 37.3 Å². The Morgan fingerprint density at radius 2 is 1.82 bits per heavy atom. The lowest BCUT2D eigenvalue weighted by Gasteiger charge is -2.25. The van der Waals surface area contributed by atoms with Crippen molar-refractivity contribution in [2.45, 2.75) is 19.3 Å². The number of hydrogen-bond donors (Lipinski definition) is 2.